The number of rotatable bonds is 7. The molecule has 3 aromatic rings. The highest BCUT2D eigenvalue weighted by atomic mass is 32.1. The lowest BCUT2D eigenvalue weighted by atomic mass is 10.1. The summed E-state index contributed by atoms with van der Waals surface area (Å²) in [6.07, 6.45) is 2.80. The first kappa shape index (κ1) is 17.3. The Kier molecular flexibility index (Phi) is 5.55. The minimum Gasteiger partial charge on any atom is -0.369 e. The number of carbonyl (C=O) groups is 1. The summed E-state index contributed by atoms with van der Waals surface area (Å²) in [6, 6.07) is 6.36. The van der Waals surface area contributed by atoms with Crippen LogP contribution in [0.2, 0.25) is 0 Å². The standard InChI is InChI=1S/C18H19FN4OS/c1-2-8-20-15(24)7-9-21-17-16-14(10-25-18(16)23-11-22-17)12-3-5-13(19)6-4-12/h3-6,10-11H,2,7-9H2,1H3,(H,20,24)(H,21,22,23). The van der Waals surface area contributed by atoms with Gasteiger partial charge in [0.25, 0.3) is 0 Å². The normalized spacial score (nSPS) is 10.8. The van der Waals surface area contributed by atoms with Crippen LogP contribution in [0.4, 0.5) is 10.2 Å². The molecular weight excluding hydrogens is 339 g/mol. The first-order valence-electron chi connectivity index (χ1n) is 8.17. The van der Waals surface area contributed by atoms with Gasteiger partial charge >= 0.3 is 0 Å². The van der Waals surface area contributed by atoms with Gasteiger partial charge in [0, 0.05) is 30.5 Å². The molecule has 2 aromatic heterocycles. The van der Waals surface area contributed by atoms with E-state index in [0.29, 0.717) is 25.3 Å². The summed E-state index contributed by atoms with van der Waals surface area (Å²) in [5, 5.41) is 8.96. The van der Waals surface area contributed by atoms with Gasteiger partial charge < -0.3 is 10.6 Å². The Bertz CT molecular complexity index is 863. The lowest BCUT2D eigenvalue weighted by Gasteiger charge is -2.08. The van der Waals surface area contributed by atoms with Gasteiger partial charge in [0.1, 0.15) is 22.8 Å². The number of hydrogen-bond donors (Lipinski definition) is 2. The van der Waals surface area contributed by atoms with Crippen molar-refractivity contribution in [3.63, 3.8) is 0 Å². The lowest BCUT2D eigenvalue weighted by Crippen LogP contribution is -2.26. The number of anilines is 1. The summed E-state index contributed by atoms with van der Waals surface area (Å²) in [7, 11) is 0. The van der Waals surface area contributed by atoms with E-state index >= 15 is 0 Å². The number of aromatic nitrogens is 2. The third-order valence-corrected chi connectivity index (χ3v) is 4.63. The maximum Gasteiger partial charge on any atom is 0.221 e. The average molecular weight is 358 g/mol. The van der Waals surface area contributed by atoms with Crippen molar-refractivity contribution in [1.29, 1.82) is 0 Å². The van der Waals surface area contributed by atoms with Crippen LogP contribution in [0.3, 0.4) is 0 Å². The van der Waals surface area contributed by atoms with Crippen molar-refractivity contribution in [2.45, 2.75) is 19.8 Å². The van der Waals surface area contributed by atoms with Crippen molar-refractivity contribution >= 4 is 33.3 Å². The molecule has 0 saturated carbocycles. The van der Waals surface area contributed by atoms with E-state index in [1.54, 1.807) is 12.1 Å². The topological polar surface area (TPSA) is 66.9 Å². The number of carbonyl (C=O) groups excluding carboxylic acids is 1. The van der Waals surface area contributed by atoms with Crippen LogP contribution in [0.1, 0.15) is 19.8 Å². The van der Waals surface area contributed by atoms with E-state index in [0.717, 1.165) is 27.8 Å². The molecule has 0 aliphatic carbocycles. The maximum atomic E-state index is 13.2. The molecule has 25 heavy (non-hydrogen) atoms. The maximum absolute atomic E-state index is 13.2. The highest BCUT2D eigenvalue weighted by molar-refractivity contribution is 7.17. The Hall–Kier alpha value is -2.54. The number of halogens is 1. The quantitative estimate of drug-likeness (QED) is 0.674. The molecular formula is C18H19FN4OS. The Morgan fingerprint density at radius 1 is 1.20 bits per heavy atom. The summed E-state index contributed by atoms with van der Waals surface area (Å²) in [4.78, 5) is 21.2. The van der Waals surface area contributed by atoms with E-state index in [9.17, 15) is 9.18 Å². The molecule has 0 atom stereocenters. The summed E-state index contributed by atoms with van der Waals surface area (Å²) in [5.74, 6) is 0.438. The van der Waals surface area contributed by atoms with Gasteiger partial charge in [0.2, 0.25) is 5.91 Å². The monoisotopic (exact) mass is 358 g/mol. The number of amides is 1. The largest absolute Gasteiger partial charge is 0.369 e. The Labute approximate surface area is 149 Å². The Morgan fingerprint density at radius 2 is 2.00 bits per heavy atom. The van der Waals surface area contributed by atoms with Crippen LogP contribution in [0.15, 0.2) is 36.0 Å². The van der Waals surface area contributed by atoms with E-state index in [1.807, 2.05) is 12.3 Å². The van der Waals surface area contributed by atoms with Gasteiger partial charge in [0.05, 0.1) is 5.39 Å². The van der Waals surface area contributed by atoms with Crippen molar-refractivity contribution in [2.24, 2.45) is 0 Å². The number of benzene rings is 1. The minimum absolute atomic E-state index is 0.0173. The van der Waals surface area contributed by atoms with Crippen LogP contribution in [0.25, 0.3) is 21.3 Å². The highest BCUT2D eigenvalue weighted by Gasteiger charge is 2.13. The molecule has 0 spiro atoms. The van der Waals surface area contributed by atoms with Crippen LogP contribution in [0.5, 0.6) is 0 Å². The van der Waals surface area contributed by atoms with Crippen LogP contribution >= 0.6 is 11.3 Å². The second kappa shape index (κ2) is 8.02. The van der Waals surface area contributed by atoms with Gasteiger partial charge in [-0.2, -0.15) is 0 Å². The van der Waals surface area contributed by atoms with E-state index in [1.165, 1.54) is 29.8 Å². The molecule has 0 aliphatic heterocycles. The van der Waals surface area contributed by atoms with Crippen LogP contribution in [-0.2, 0) is 4.79 Å². The van der Waals surface area contributed by atoms with E-state index < -0.39 is 0 Å². The van der Waals surface area contributed by atoms with Crippen molar-refractivity contribution in [1.82, 2.24) is 15.3 Å². The third kappa shape index (κ3) is 4.11. The predicted octanol–water partition coefficient (Wildman–Crippen LogP) is 3.83. The molecule has 1 aromatic carbocycles. The molecule has 0 unspecified atom stereocenters. The molecule has 0 aliphatic rings. The second-order valence-electron chi connectivity index (χ2n) is 5.59. The van der Waals surface area contributed by atoms with Crippen LogP contribution in [-0.4, -0.2) is 29.0 Å². The number of nitrogens with one attached hydrogen (secondary N) is 2. The number of thiophene rings is 1. The average Bonchev–Trinajstić information content (AvgIpc) is 3.05. The molecule has 0 bridgehead atoms. The van der Waals surface area contributed by atoms with Crippen LogP contribution in [0, 0.1) is 5.82 Å². The zero-order chi connectivity index (χ0) is 17.6. The zero-order valence-corrected chi connectivity index (χ0v) is 14.7. The zero-order valence-electron chi connectivity index (χ0n) is 13.9. The summed E-state index contributed by atoms with van der Waals surface area (Å²) in [5.41, 5.74) is 1.87. The van der Waals surface area contributed by atoms with Gasteiger partial charge in [-0.3, -0.25) is 4.79 Å². The molecule has 2 N–H and O–H groups in total. The SMILES string of the molecule is CCCNC(=O)CCNc1ncnc2scc(-c3ccc(F)cc3)c12. The second-order valence-corrected chi connectivity index (χ2v) is 6.44. The molecule has 0 saturated heterocycles. The van der Waals surface area contributed by atoms with Gasteiger partial charge in [-0.05, 0) is 24.1 Å². The summed E-state index contributed by atoms with van der Waals surface area (Å²) >= 11 is 1.51. The molecule has 5 nitrogen and oxygen atoms in total. The molecule has 7 heteroatoms. The van der Waals surface area contributed by atoms with Gasteiger partial charge in [-0.1, -0.05) is 19.1 Å². The number of nitrogens with zero attached hydrogens (tertiary/aromatic N) is 2. The third-order valence-electron chi connectivity index (χ3n) is 3.74. The van der Waals surface area contributed by atoms with E-state index in [2.05, 4.69) is 20.6 Å². The van der Waals surface area contributed by atoms with Gasteiger partial charge in [-0.25, -0.2) is 14.4 Å². The fourth-order valence-electron chi connectivity index (χ4n) is 2.50. The molecule has 2 heterocycles. The lowest BCUT2D eigenvalue weighted by molar-refractivity contribution is -0.120. The number of hydrogen-bond acceptors (Lipinski definition) is 5. The van der Waals surface area contributed by atoms with E-state index in [-0.39, 0.29) is 11.7 Å². The smallest absolute Gasteiger partial charge is 0.221 e. The highest BCUT2D eigenvalue weighted by Crippen LogP contribution is 2.36. The van der Waals surface area contributed by atoms with Crippen molar-refractivity contribution < 1.29 is 9.18 Å². The van der Waals surface area contributed by atoms with Crippen molar-refractivity contribution in [2.75, 3.05) is 18.4 Å². The minimum atomic E-state index is -0.268. The fourth-order valence-corrected chi connectivity index (χ4v) is 3.41. The van der Waals surface area contributed by atoms with Gasteiger partial charge in [0.15, 0.2) is 0 Å². The van der Waals surface area contributed by atoms with E-state index in [4.69, 9.17) is 0 Å². The first-order chi connectivity index (χ1) is 12.2. The first-order valence-corrected chi connectivity index (χ1v) is 9.05. The molecule has 3 rings (SSSR count). The molecule has 0 radical (unpaired) electrons. The molecule has 130 valence electrons. The fraction of sp³-hybridized carbons (Fsp3) is 0.278. The van der Waals surface area contributed by atoms with Crippen LogP contribution < -0.4 is 10.6 Å². The summed E-state index contributed by atoms with van der Waals surface area (Å²) < 4.78 is 13.2. The summed E-state index contributed by atoms with van der Waals surface area (Å²) in [6.45, 7) is 3.19. The molecule has 0 fully saturated rings. The molecule has 1 amide bonds. The Balaban J connectivity index is 1.80. The predicted molar refractivity (Wildman–Crippen MR) is 99.2 cm³/mol. The van der Waals surface area contributed by atoms with Crippen molar-refractivity contribution in [3.8, 4) is 11.1 Å². The number of fused-ring (bicyclic) bond motifs is 1. The van der Waals surface area contributed by atoms with Gasteiger partial charge in [-0.15, -0.1) is 11.3 Å². The Morgan fingerprint density at radius 3 is 2.76 bits per heavy atom. The van der Waals surface area contributed by atoms with Crippen molar-refractivity contribution in [3.05, 3.63) is 41.8 Å².